The number of aryl methyl sites for hydroxylation is 1. The number of nitrogens with zero attached hydrogens (tertiary/aromatic N) is 1. The average molecular weight is 256 g/mol. The number of hydrogen-bond acceptors (Lipinski definition) is 4. The number of carbonyl (C=O) groups is 1. The van der Waals surface area contributed by atoms with Crippen molar-refractivity contribution >= 4 is 11.6 Å². The van der Waals surface area contributed by atoms with Crippen molar-refractivity contribution in [3.05, 3.63) is 59.4 Å². The van der Waals surface area contributed by atoms with Crippen molar-refractivity contribution in [1.29, 1.82) is 0 Å². The van der Waals surface area contributed by atoms with Crippen molar-refractivity contribution in [2.75, 3.05) is 5.43 Å². The van der Waals surface area contributed by atoms with E-state index in [1.807, 2.05) is 31.2 Å². The van der Waals surface area contributed by atoms with E-state index in [1.165, 1.54) is 11.8 Å². The number of nitrogens with one attached hydrogen (secondary N) is 2. The Labute approximate surface area is 111 Å². The standard InChI is InChI=1S/C14H16N4O/c1-10-2-4-11(5-3-10)8-17-14(19)13-7-6-12(18-15)9-16-13/h2-7,9,18H,8,15H2,1H3,(H,17,19). The maximum absolute atomic E-state index is 11.9. The van der Waals surface area contributed by atoms with Gasteiger partial charge in [-0.1, -0.05) is 29.8 Å². The van der Waals surface area contributed by atoms with Crippen LogP contribution < -0.4 is 16.6 Å². The molecule has 0 saturated carbocycles. The minimum atomic E-state index is -0.204. The van der Waals surface area contributed by atoms with Crippen LogP contribution in [0.3, 0.4) is 0 Å². The van der Waals surface area contributed by atoms with Crippen LogP contribution in [0.4, 0.5) is 5.69 Å². The van der Waals surface area contributed by atoms with Crippen LogP contribution in [-0.2, 0) is 6.54 Å². The molecule has 0 radical (unpaired) electrons. The van der Waals surface area contributed by atoms with Gasteiger partial charge in [-0.25, -0.2) is 4.98 Å². The van der Waals surface area contributed by atoms with Crippen LogP contribution in [0.15, 0.2) is 42.6 Å². The first-order valence-corrected chi connectivity index (χ1v) is 5.95. The van der Waals surface area contributed by atoms with E-state index in [0.29, 0.717) is 17.9 Å². The molecule has 1 aromatic heterocycles. The summed E-state index contributed by atoms with van der Waals surface area (Å²) in [6.45, 7) is 2.51. The summed E-state index contributed by atoms with van der Waals surface area (Å²) in [5, 5.41) is 2.82. The van der Waals surface area contributed by atoms with Gasteiger partial charge in [-0.3, -0.25) is 10.6 Å². The summed E-state index contributed by atoms with van der Waals surface area (Å²) in [7, 11) is 0. The number of nitrogens with two attached hydrogens (primary N) is 1. The van der Waals surface area contributed by atoms with Crippen molar-refractivity contribution < 1.29 is 4.79 Å². The number of anilines is 1. The van der Waals surface area contributed by atoms with Gasteiger partial charge >= 0.3 is 0 Å². The van der Waals surface area contributed by atoms with Crippen LogP contribution >= 0.6 is 0 Å². The Hall–Kier alpha value is -2.40. The molecule has 0 aliphatic heterocycles. The van der Waals surface area contributed by atoms with Gasteiger partial charge in [0.2, 0.25) is 0 Å². The van der Waals surface area contributed by atoms with Gasteiger partial charge in [0.25, 0.3) is 5.91 Å². The summed E-state index contributed by atoms with van der Waals surface area (Å²) in [6, 6.07) is 11.3. The maximum atomic E-state index is 11.9. The third kappa shape index (κ3) is 3.53. The molecule has 5 nitrogen and oxygen atoms in total. The van der Waals surface area contributed by atoms with Crippen molar-refractivity contribution in [3.63, 3.8) is 0 Å². The Morgan fingerprint density at radius 2 is 1.95 bits per heavy atom. The minimum absolute atomic E-state index is 0.204. The second-order valence-electron chi connectivity index (χ2n) is 4.24. The third-order valence-electron chi connectivity index (χ3n) is 2.74. The predicted molar refractivity (Wildman–Crippen MR) is 74.4 cm³/mol. The molecule has 5 heteroatoms. The fourth-order valence-corrected chi connectivity index (χ4v) is 1.59. The number of hydrogen-bond donors (Lipinski definition) is 3. The molecule has 0 unspecified atom stereocenters. The van der Waals surface area contributed by atoms with E-state index in [1.54, 1.807) is 12.1 Å². The second-order valence-corrected chi connectivity index (χ2v) is 4.24. The summed E-state index contributed by atoms with van der Waals surface area (Å²) in [5.41, 5.74) is 5.74. The van der Waals surface area contributed by atoms with E-state index in [9.17, 15) is 4.79 Å². The van der Waals surface area contributed by atoms with Gasteiger partial charge in [0, 0.05) is 6.54 Å². The number of amides is 1. The zero-order chi connectivity index (χ0) is 13.7. The highest BCUT2D eigenvalue weighted by Gasteiger charge is 2.06. The Bertz CT molecular complexity index is 549. The zero-order valence-corrected chi connectivity index (χ0v) is 10.7. The second kappa shape index (κ2) is 5.97. The number of pyridine rings is 1. The maximum Gasteiger partial charge on any atom is 0.270 e. The molecule has 98 valence electrons. The lowest BCUT2D eigenvalue weighted by atomic mass is 10.1. The van der Waals surface area contributed by atoms with E-state index in [-0.39, 0.29) is 5.91 Å². The van der Waals surface area contributed by atoms with Crippen molar-refractivity contribution in [3.8, 4) is 0 Å². The first-order valence-electron chi connectivity index (χ1n) is 5.95. The lowest BCUT2D eigenvalue weighted by molar-refractivity contribution is 0.0946. The number of hydrazine groups is 1. The van der Waals surface area contributed by atoms with E-state index >= 15 is 0 Å². The zero-order valence-electron chi connectivity index (χ0n) is 10.7. The molecule has 2 aromatic rings. The lowest BCUT2D eigenvalue weighted by Gasteiger charge is -2.06. The normalized spacial score (nSPS) is 10.0. The summed E-state index contributed by atoms with van der Waals surface area (Å²) < 4.78 is 0. The predicted octanol–water partition coefficient (Wildman–Crippen LogP) is 1.61. The monoisotopic (exact) mass is 256 g/mol. The first kappa shape index (κ1) is 13.0. The molecule has 1 heterocycles. The Kier molecular flexibility index (Phi) is 4.10. The molecule has 1 amide bonds. The minimum Gasteiger partial charge on any atom is -0.347 e. The number of benzene rings is 1. The lowest BCUT2D eigenvalue weighted by Crippen LogP contribution is -2.23. The molecule has 1 aromatic carbocycles. The van der Waals surface area contributed by atoms with Gasteiger partial charge in [0.05, 0.1) is 11.9 Å². The summed E-state index contributed by atoms with van der Waals surface area (Å²) in [6.07, 6.45) is 1.51. The van der Waals surface area contributed by atoms with Crippen LogP contribution in [-0.4, -0.2) is 10.9 Å². The Balaban J connectivity index is 1.95. The molecule has 0 saturated heterocycles. The van der Waals surface area contributed by atoms with E-state index in [0.717, 1.165) is 5.56 Å². The largest absolute Gasteiger partial charge is 0.347 e. The van der Waals surface area contributed by atoms with E-state index in [4.69, 9.17) is 5.84 Å². The molecule has 0 bridgehead atoms. The fourth-order valence-electron chi connectivity index (χ4n) is 1.59. The molecular formula is C14H16N4O. The van der Waals surface area contributed by atoms with Crippen molar-refractivity contribution in [2.45, 2.75) is 13.5 Å². The molecule has 0 aliphatic rings. The molecule has 4 N–H and O–H groups in total. The van der Waals surface area contributed by atoms with Crippen LogP contribution in [0.25, 0.3) is 0 Å². The van der Waals surface area contributed by atoms with Crippen LogP contribution in [0.5, 0.6) is 0 Å². The molecule has 0 aliphatic carbocycles. The van der Waals surface area contributed by atoms with Gasteiger partial charge in [0.1, 0.15) is 5.69 Å². The SMILES string of the molecule is Cc1ccc(CNC(=O)c2ccc(NN)cn2)cc1. The molecule has 0 atom stereocenters. The Morgan fingerprint density at radius 3 is 2.53 bits per heavy atom. The first-order chi connectivity index (χ1) is 9.19. The quantitative estimate of drug-likeness (QED) is 0.573. The van der Waals surface area contributed by atoms with Gasteiger partial charge < -0.3 is 10.7 Å². The fraction of sp³-hybridized carbons (Fsp3) is 0.143. The van der Waals surface area contributed by atoms with Gasteiger partial charge in [-0.15, -0.1) is 0 Å². The van der Waals surface area contributed by atoms with Crippen LogP contribution in [0.2, 0.25) is 0 Å². The van der Waals surface area contributed by atoms with Crippen molar-refractivity contribution in [2.24, 2.45) is 5.84 Å². The van der Waals surface area contributed by atoms with E-state index in [2.05, 4.69) is 15.7 Å². The number of nitrogen functional groups attached to an aromatic ring is 1. The number of carbonyl (C=O) groups excluding carboxylic acids is 1. The highest BCUT2D eigenvalue weighted by atomic mass is 16.1. The number of rotatable bonds is 4. The highest BCUT2D eigenvalue weighted by Crippen LogP contribution is 2.05. The third-order valence-corrected chi connectivity index (χ3v) is 2.74. The van der Waals surface area contributed by atoms with Crippen LogP contribution in [0, 0.1) is 6.92 Å². The van der Waals surface area contributed by atoms with Gasteiger partial charge in [-0.05, 0) is 24.6 Å². The van der Waals surface area contributed by atoms with Crippen LogP contribution in [0.1, 0.15) is 21.6 Å². The van der Waals surface area contributed by atoms with Gasteiger partial charge in [0.15, 0.2) is 0 Å². The van der Waals surface area contributed by atoms with E-state index < -0.39 is 0 Å². The number of aromatic nitrogens is 1. The molecule has 0 spiro atoms. The molecule has 19 heavy (non-hydrogen) atoms. The molecular weight excluding hydrogens is 240 g/mol. The molecule has 0 fully saturated rings. The summed E-state index contributed by atoms with van der Waals surface area (Å²) in [5.74, 6) is 5.03. The van der Waals surface area contributed by atoms with Gasteiger partial charge in [-0.2, -0.15) is 0 Å². The topological polar surface area (TPSA) is 80.0 Å². The Morgan fingerprint density at radius 1 is 1.21 bits per heavy atom. The summed E-state index contributed by atoms with van der Waals surface area (Å²) >= 11 is 0. The summed E-state index contributed by atoms with van der Waals surface area (Å²) in [4.78, 5) is 15.9. The average Bonchev–Trinajstić information content (AvgIpc) is 2.46. The van der Waals surface area contributed by atoms with Crippen molar-refractivity contribution in [1.82, 2.24) is 10.3 Å². The molecule has 2 rings (SSSR count). The highest BCUT2D eigenvalue weighted by molar-refractivity contribution is 5.92. The smallest absolute Gasteiger partial charge is 0.270 e.